The second kappa shape index (κ2) is 5.10. The van der Waals surface area contributed by atoms with Gasteiger partial charge in [0.1, 0.15) is 0 Å². The number of thiol groups is 2. The molecule has 0 nitrogen and oxygen atoms in total. The van der Waals surface area contributed by atoms with Crippen molar-refractivity contribution in [1.29, 1.82) is 0 Å². The van der Waals surface area contributed by atoms with Gasteiger partial charge in [0.15, 0.2) is 0 Å². The molecular formula is C19H32S2. The molecule has 8 atom stereocenters. The van der Waals surface area contributed by atoms with Crippen LogP contribution >= 0.6 is 25.3 Å². The van der Waals surface area contributed by atoms with E-state index in [4.69, 9.17) is 25.3 Å². The molecule has 0 aliphatic heterocycles. The highest BCUT2D eigenvalue weighted by molar-refractivity contribution is 7.81. The zero-order valence-corrected chi connectivity index (χ0v) is 15.5. The minimum Gasteiger partial charge on any atom is -0.176 e. The molecule has 21 heavy (non-hydrogen) atoms. The SMILES string of the molecule is CC12CCC3C(CCC4CC(S)CCC43C)C1CCC2S. The summed E-state index contributed by atoms with van der Waals surface area (Å²) in [6.45, 7) is 5.22. The van der Waals surface area contributed by atoms with Crippen molar-refractivity contribution < 1.29 is 0 Å². The molecule has 0 heterocycles. The highest BCUT2D eigenvalue weighted by Crippen LogP contribution is 2.66. The van der Waals surface area contributed by atoms with Gasteiger partial charge in [0.25, 0.3) is 0 Å². The van der Waals surface area contributed by atoms with Gasteiger partial charge in [-0.25, -0.2) is 0 Å². The predicted molar refractivity (Wildman–Crippen MR) is 97.3 cm³/mol. The Bertz CT molecular complexity index is 422. The van der Waals surface area contributed by atoms with E-state index in [0.717, 1.165) is 23.7 Å². The van der Waals surface area contributed by atoms with Gasteiger partial charge < -0.3 is 0 Å². The van der Waals surface area contributed by atoms with Crippen LogP contribution in [0.5, 0.6) is 0 Å². The number of rotatable bonds is 0. The fourth-order valence-corrected chi connectivity index (χ4v) is 8.06. The molecule has 4 rings (SSSR count). The number of hydrogen-bond donors (Lipinski definition) is 2. The van der Waals surface area contributed by atoms with Crippen LogP contribution in [0.4, 0.5) is 0 Å². The molecule has 4 aliphatic rings. The van der Waals surface area contributed by atoms with E-state index in [-0.39, 0.29) is 0 Å². The molecule has 0 radical (unpaired) electrons. The second-order valence-corrected chi connectivity index (χ2v) is 10.6. The minimum atomic E-state index is 0.550. The monoisotopic (exact) mass is 324 g/mol. The van der Waals surface area contributed by atoms with Crippen molar-refractivity contribution in [3.05, 3.63) is 0 Å². The van der Waals surface area contributed by atoms with Gasteiger partial charge in [-0.15, -0.1) is 0 Å². The first-order chi connectivity index (χ1) is 9.95. The van der Waals surface area contributed by atoms with Crippen LogP contribution in [0, 0.1) is 34.5 Å². The van der Waals surface area contributed by atoms with Crippen molar-refractivity contribution in [2.75, 3.05) is 0 Å². The maximum atomic E-state index is 4.97. The molecule has 0 aromatic carbocycles. The van der Waals surface area contributed by atoms with Gasteiger partial charge in [-0.2, -0.15) is 25.3 Å². The Morgan fingerprint density at radius 2 is 1.48 bits per heavy atom. The van der Waals surface area contributed by atoms with Gasteiger partial charge in [-0.1, -0.05) is 13.8 Å². The van der Waals surface area contributed by atoms with E-state index in [0.29, 0.717) is 21.3 Å². The second-order valence-electron chi connectivity index (χ2n) is 9.22. The van der Waals surface area contributed by atoms with Gasteiger partial charge in [0.05, 0.1) is 0 Å². The molecule has 0 bridgehead atoms. The van der Waals surface area contributed by atoms with Crippen molar-refractivity contribution in [2.24, 2.45) is 34.5 Å². The highest BCUT2D eigenvalue weighted by atomic mass is 32.1. The Morgan fingerprint density at radius 3 is 2.29 bits per heavy atom. The van der Waals surface area contributed by atoms with E-state index >= 15 is 0 Å². The lowest BCUT2D eigenvalue weighted by molar-refractivity contribution is -0.101. The molecule has 0 spiro atoms. The third kappa shape index (κ3) is 2.10. The molecule has 4 fully saturated rings. The lowest BCUT2D eigenvalue weighted by atomic mass is 9.45. The summed E-state index contributed by atoms with van der Waals surface area (Å²) in [4.78, 5) is 0. The van der Waals surface area contributed by atoms with Crippen LogP contribution in [0.2, 0.25) is 0 Å². The summed E-state index contributed by atoms with van der Waals surface area (Å²) >= 11 is 9.78. The van der Waals surface area contributed by atoms with Crippen molar-refractivity contribution in [1.82, 2.24) is 0 Å². The Balaban J connectivity index is 1.62. The summed E-state index contributed by atoms with van der Waals surface area (Å²) in [6, 6.07) is 0. The topological polar surface area (TPSA) is 0 Å². The Hall–Kier alpha value is 0.700. The molecule has 120 valence electrons. The summed E-state index contributed by atoms with van der Waals surface area (Å²) < 4.78 is 0. The third-order valence-corrected chi connectivity index (χ3v) is 9.91. The van der Waals surface area contributed by atoms with Crippen LogP contribution in [-0.4, -0.2) is 10.5 Å². The van der Waals surface area contributed by atoms with E-state index < -0.39 is 0 Å². The minimum absolute atomic E-state index is 0.550. The van der Waals surface area contributed by atoms with E-state index in [1.165, 1.54) is 57.8 Å². The van der Waals surface area contributed by atoms with Gasteiger partial charge >= 0.3 is 0 Å². The summed E-state index contributed by atoms with van der Waals surface area (Å²) in [5.41, 5.74) is 1.19. The predicted octanol–water partition coefficient (Wildman–Crippen LogP) is 5.63. The quantitative estimate of drug-likeness (QED) is 0.530. The Labute approximate surface area is 142 Å². The van der Waals surface area contributed by atoms with E-state index in [2.05, 4.69) is 13.8 Å². The molecule has 0 aromatic heterocycles. The average Bonchev–Trinajstić information content (AvgIpc) is 2.76. The molecule has 0 aromatic rings. The van der Waals surface area contributed by atoms with E-state index in [1.807, 2.05) is 0 Å². The lowest BCUT2D eigenvalue weighted by Gasteiger charge is -2.60. The van der Waals surface area contributed by atoms with E-state index in [1.54, 1.807) is 0 Å². The average molecular weight is 325 g/mol. The molecule has 4 aliphatic carbocycles. The zero-order valence-electron chi connectivity index (χ0n) is 13.7. The summed E-state index contributed by atoms with van der Waals surface area (Å²) in [7, 11) is 0. The van der Waals surface area contributed by atoms with Crippen LogP contribution in [-0.2, 0) is 0 Å². The first-order valence-electron chi connectivity index (χ1n) is 9.31. The maximum Gasteiger partial charge on any atom is 0.00735 e. The molecule has 2 heteroatoms. The lowest BCUT2D eigenvalue weighted by Crippen LogP contribution is -2.53. The number of fused-ring (bicyclic) bond motifs is 5. The third-order valence-electron chi connectivity index (χ3n) is 8.59. The molecular weight excluding hydrogens is 292 g/mol. The van der Waals surface area contributed by atoms with Gasteiger partial charge in [-0.3, -0.25) is 0 Å². The summed E-state index contributed by atoms with van der Waals surface area (Å²) in [6.07, 6.45) is 12.9. The van der Waals surface area contributed by atoms with E-state index in [9.17, 15) is 0 Å². The zero-order chi connectivity index (χ0) is 14.8. The molecule has 0 saturated heterocycles. The first kappa shape index (κ1) is 15.2. The maximum absolute atomic E-state index is 4.97. The summed E-state index contributed by atoms with van der Waals surface area (Å²) in [5, 5.41) is 1.35. The summed E-state index contributed by atoms with van der Waals surface area (Å²) in [5.74, 6) is 3.96. The van der Waals surface area contributed by atoms with Gasteiger partial charge in [-0.05, 0) is 92.3 Å². The Morgan fingerprint density at radius 1 is 0.762 bits per heavy atom. The van der Waals surface area contributed by atoms with Crippen LogP contribution in [0.3, 0.4) is 0 Å². The van der Waals surface area contributed by atoms with Crippen LogP contribution in [0.1, 0.15) is 71.6 Å². The van der Waals surface area contributed by atoms with Crippen LogP contribution in [0.15, 0.2) is 0 Å². The van der Waals surface area contributed by atoms with Crippen molar-refractivity contribution >= 4 is 25.3 Å². The van der Waals surface area contributed by atoms with Crippen molar-refractivity contribution in [2.45, 2.75) is 82.1 Å². The van der Waals surface area contributed by atoms with Crippen LogP contribution < -0.4 is 0 Å². The highest BCUT2D eigenvalue weighted by Gasteiger charge is 2.59. The fourth-order valence-electron chi connectivity index (χ4n) is 7.21. The largest absolute Gasteiger partial charge is 0.176 e. The molecule has 0 N–H and O–H groups in total. The van der Waals surface area contributed by atoms with Crippen molar-refractivity contribution in [3.8, 4) is 0 Å². The van der Waals surface area contributed by atoms with Gasteiger partial charge in [0.2, 0.25) is 0 Å². The first-order valence-corrected chi connectivity index (χ1v) is 10.3. The Kier molecular flexibility index (Phi) is 3.70. The molecule has 8 unspecified atom stereocenters. The fraction of sp³-hybridized carbons (Fsp3) is 1.00. The standard InChI is InChI=1S/C19H32S2/c1-18-9-7-13(20)11-12(18)3-4-14-15-5-6-17(21)19(15,2)10-8-16(14)18/h12-17,20-21H,3-11H2,1-2H3. The van der Waals surface area contributed by atoms with Gasteiger partial charge in [0, 0.05) is 10.5 Å². The van der Waals surface area contributed by atoms with Crippen LogP contribution in [0.25, 0.3) is 0 Å². The molecule has 4 saturated carbocycles. The number of hydrogen-bond acceptors (Lipinski definition) is 2. The van der Waals surface area contributed by atoms with Crippen molar-refractivity contribution in [3.63, 3.8) is 0 Å². The smallest absolute Gasteiger partial charge is 0.00735 e. The molecule has 0 amide bonds. The normalized spacial score (nSPS) is 60.0.